The number of anilines is 2. The molecule has 2 atom stereocenters. The number of nitrogens with zero attached hydrogens (tertiary/aromatic N) is 3. The van der Waals surface area contributed by atoms with Crippen LogP contribution in [0.1, 0.15) is 29.0 Å². The molecule has 7 rings (SSSR count). The van der Waals surface area contributed by atoms with Crippen LogP contribution in [0.5, 0.6) is 0 Å². The van der Waals surface area contributed by atoms with E-state index in [0.717, 1.165) is 62.4 Å². The van der Waals surface area contributed by atoms with Gasteiger partial charge in [-0.3, -0.25) is 9.69 Å². The van der Waals surface area contributed by atoms with E-state index in [1.54, 1.807) is 0 Å². The first-order chi connectivity index (χ1) is 20.2. The van der Waals surface area contributed by atoms with Crippen LogP contribution in [0.4, 0.5) is 11.4 Å². The molecule has 210 valence electrons. The summed E-state index contributed by atoms with van der Waals surface area (Å²) in [6.07, 6.45) is 6.30. The minimum Gasteiger partial charge on any atom is -0.458 e. The van der Waals surface area contributed by atoms with E-state index in [9.17, 15) is 4.79 Å². The van der Waals surface area contributed by atoms with Crippen LogP contribution in [0, 0.1) is 6.92 Å². The monoisotopic (exact) mass is 548 g/mol. The van der Waals surface area contributed by atoms with Gasteiger partial charge in [-0.15, -0.1) is 0 Å². The molecule has 3 aromatic carbocycles. The van der Waals surface area contributed by atoms with Gasteiger partial charge in [0.25, 0.3) is 6.29 Å². The predicted molar refractivity (Wildman–Crippen MR) is 162 cm³/mol. The van der Waals surface area contributed by atoms with E-state index in [4.69, 9.17) is 9.47 Å². The van der Waals surface area contributed by atoms with E-state index in [1.807, 2.05) is 24.4 Å². The molecule has 7 nitrogen and oxygen atoms in total. The summed E-state index contributed by atoms with van der Waals surface area (Å²) in [4.78, 5) is 25.1. The summed E-state index contributed by atoms with van der Waals surface area (Å²) in [5, 5.41) is 1.27. The van der Waals surface area contributed by atoms with E-state index < -0.39 is 12.2 Å². The largest absolute Gasteiger partial charge is 0.458 e. The number of benzene rings is 3. The minimum atomic E-state index is -0.682. The summed E-state index contributed by atoms with van der Waals surface area (Å²) in [7, 11) is 0. The van der Waals surface area contributed by atoms with Gasteiger partial charge in [0.05, 0.1) is 0 Å². The zero-order chi connectivity index (χ0) is 27.8. The second-order valence-corrected chi connectivity index (χ2v) is 11.3. The maximum atomic E-state index is 14.7. The van der Waals surface area contributed by atoms with Crippen LogP contribution in [0.3, 0.4) is 0 Å². The molecule has 0 radical (unpaired) electrons. The van der Waals surface area contributed by atoms with Gasteiger partial charge in [-0.2, -0.15) is 0 Å². The quantitative estimate of drug-likeness (QED) is 0.341. The minimum absolute atomic E-state index is 0.0271. The third kappa shape index (κ3) is 4.95. The molecule has 4 aromatic rings. The molecule has 2 unspecified atom stereocenters. The van der Waals surface area contributed by atoms with Crippen molar-refractivity contribution in [1.29, 1.82) is 0 Å². The van der Waals surface area contributed by atoms with Crippen molar-refractivity contribution in [2.45, 2.75) is 38.0 Å². The predicted octanol–water partition coefficient (Wildman–Crippen LogP) is 5.57. The highest BCUT2D eigenvalue weighted by molar-refractivity contribution is 6.00. The molecule has 3 aliphatic heterocycles. The Hall–Kier alpha value is -4.23. The Bertz CT molecular complexity index is 1560. The van der Waals surface area contributed by atoms with Crippen molar-refractivity contribution >= 4 is 28.2 Å². The molecule has 0 spiro atoms. The highest BCUT2D eigenvalue weighted by atomic mass is 16.7. The lowest BCUT2D eigenvalue weighted by molar-refractivity contribution is -0.130. The first-order valence-corrected chi connectivity index (χ1v) is 14.6. The van der Waals surface area contributed by atoms with E-state index in [-0.39, 0.29) is 11.9 Å². The number of carbonyl (C=O) groups excluding carboxylic acids is 1. The number of nitrogens with one attached hydrogen (secondary N) is 1. The molecular formula is C34H36N4O3. The summed E-state index contributed by atoms with van der Waals surface area (Å²) in [5.41, 5.74) is 6.71. The molecule has 1 aromatic heterocycles. The lowest BCUT2D eigenvalue weighted by Gasteiger charge is -2.43. The third-order valence-electron chi connectivity index (χ3n) is 8.77. The number of hydrogen-bond donors (Lipinski definition) is 1. The van der Waals surface area contributed by atoms with Crippen molar-refractivity contribution in [3.8, 4) is 0 Å². The number of aromatic amines is 1. The van der Waals surface area contributed by atoms with E-state index in [0.29, 0.717) is 0 Å². The Balaban J connectivity index is 1.14. The number of aromatic nitrogens is 1. The van der Waals surface area contributed by atoms with Gasteiger partial charge in [0.15, 0.2) is 0 Å². The van der Waals surface area contributed by atoms with Gasteiger partial charge in [0.2, 0.25) is 5.91 Å². The number of carbonyl (C=O) groups is 1. The molecule has 41 heavy (non-hydrogen) atoms. The first kappa shape index (κ1) is 25.7. The second-order valence-electron chi connectivity index (χ2n) is 11.3. The average molecular weight is 549 g/mol. The molecule has 1 saturated heterocycles. The Morgan fingerprint density at radius 3 is 2.54 bits per heavy atom. The molecule has 0 bridgehead atoms. The van der Waals surface area contributed by atoms with Gasteiger partial charge in [-0.05, 0) is 55.2 Å². The van der Waals surface area contributed by atoms with Crippen LogP contribution in [0.15, 0.2) is 91.5 Å². The summed E-state index contributed by atoms with van der Waals surface area (Å²) in [6, 6.07) is 25.2. The lowest BCUT2D eigenvalue weighted by atomic mass is 9.90. The van der Waals surface area contributed by atoms with Crippen molar-refractivity contribution in [2.75, 3.05) is 42.5 Å². The lowest BCUT2D eigenvalue weighted by Crippen LogP contribution is -2.55. The van der Waals surface area contributed by atoms with Crippen LogP contribution >= 0.6 is 0 Å². The number of amides is 1. The zero-order valence-electron chi connectivity index (χ0n) is 23.4. The summed E-state index contributed by atoms with van der Waals surface area (Å²) < 4.78 is 11.6. The maximum Gasteiger partial charge on any atom is 0.255 e. The van der Waals surface area contributed by atoms with Gasteiger partial charge < -0.3 is 24.3 Å². The number of hydrogen-bond acceptors (Lipinski definition) is 5. The van der Waals surface area contributed by atoms with Gasteiger partial charge in [0.1, 0.15) is 18.4 Å². The molecular weight excluding hydrogens is 512 g/mol. The number of ether oxygens (including phenoxy) is 2. The highest BCUT2D eigenvalue weighted by Gasteiger charge is 2.42. The molecule has 7 heteroatoms. The molecule has 4 heterocycles. The molecule has 1 amide bonds. The average Bonchev–Trinajstić information content (AvgIpc) is 3.70. The van der Waals surface area contributed by atoms with Crippen molar-refractivity contribution in [1.82, 2.24) is 9.88 Å². The molecule has 0 saturated carbocycles. The van der Waals surface area contributed by atoms with Crippen molar-refractivity contribution < 1.29 is 14.3 Å². The maximum absolute atomic E-state index is 14.7. The van der Waals surface area contributed by atoms with Crippen LogP contribution in [0.2, 0.25) is 0 Å². The van der Waals surface area contributed by atoms with Gasteiger partial charge >= 0.3 is 0 Å². The smallest absolute Gasteiger partial charge is 0.255 e. The van der Waals surface area contributed by atoms with E-state index >= 15 is 0 Å². The van der Waals surface area contributed by atoms with Crippen LogP contribution in [0.25, 0.3) is 10.9 Å². The topological polar surface area (TPSA) is 61.0 Å². The van der Waals surface area contributed by atoms with Crippen LogP contribution in [-0.4, -0.2) is 60.8 Å². The summed E-state index contributed by atoms with van der Waals surface area (Å²) >= 11 is 0. The Morgan fingerprint density at radius 1 is 0.927 bits per heavy atom. The van der Waals surface area contributed by atoms with Crippen molar-refractivity contribution in [2.24, 2.45) is 0 Å². The van der Waals surface area contributed by atoms with Crippen molar-refractivity contribution in [3.63, 3.8) is 0 Å². The van der Waals surface area contributed by atoms with Crippen LogP contribution < -0.4 is 9.80 Å². The van der Waals surface area contributed by atoms with E-state index in [1.165, 1.54) is 34.7 Å². The zero-order valence-corrected chi connectivity index (χ0v) is 23.4. The normalized spacial score (nSPS) is 20.1. The Kier molecular flexibility index (Phi) is 6.88. The first-order valence-electron chi connectivity index (χ1n) is 14.6. The number of para-hydroxylation sites is 1. The summed E-state index contributed by atoms with van der Waals surface area (Å²) in [5.74, 6) is -0.545. The fourth-order valence-corrected chi connectivity index (χ4v) is 6.73. The van der Waals surface area contributed by atoms with E-state index in [2.05, 4.69) is 81.2 Å². The number of fused-ring (bicyclic) bond motifs is 2. The SMILES string of the molecule is Cc1cccc(C(C(=O)N2c3ccccc3CCC2CN2CCN(c3cccc4[nH]ccc34)CC2)C2OC=CO2)c1. The number of rotatable bonds is 6. The van der Waals surface area contributed by atoms with Gasteiger partial charge in [-0.25, -0.2) is 0 Å². The van der Waals surface area contributed by atoms with Gasteiger partial charge in [-0.1, -0.05) is 54.1 Å². The number of aryl methyl sites for hydroxylation is 2. The molecule has 3 aliphatic rings. The van der Waals surface area contributed by atoms with Gasteiger partial charge in [0, 0.05) is 67.2 Å². The Morgan fingerprint density at radius 2 is 1.71 bits per heavy atom. The Labute approximate surface area is 241 Å². The summed E-state index contributed by atoms with van der Waals surface area (Å²) in [6.45, 7) is 6.73. The molecule has 1 fully saturated rings. The third-order valence-corrected chi connectivity index (χ3v) is 8.77. The standard InChI is InChI=1S/C34H36N4O3/c1-24-6-4-8-26(22-24)32(34-40-20-21-41-34)33(39)38-27(13-12-25-7-2-3-10-30(25)38)23-36-16-18-37(19-17-36)31-11-5-9-29-28(31)14-15-35-29/h2-11,14-15,20-22,27,32,34-35H,12-13,16-19,23H2,1H3. The molecule has 0 aliphatic carbocycles. The second kappa shape index (κ2) is 11.0. The number of piperazine rings is 1. The fraction of sp³-hybridized carbons (Fsp3) is 0.324. The number of H-pyrrole nitrogens is 1. The molecule has 1 N–H and O–H groups in total. The van der Waals surface area contributed by atoms with Crippen molar-refractivity contribution in [3.05, 3.63) is 108 Å². The van der Waals surface area contributed by atoms with Crippen LogP contribution in [-0.2, 0) is 20.7 Å². The fourth-order valence-electron chi connectivity index (χ4n) is 6.73. The highest BCUT2D eigenvalue weighted by Crippen LogP contribution is 2.37.